The number of aromatic nitrogens is 2. The minimum absolute atomic E-state index is 0.0676. The number of sulfonamides is 1. The second-order valence-corrected chi connectivity index (χ2v) is 9.83. The summed E-state index contributed by atoms with van der Waals surface area (Å²) in [5.74, 6) is 0.558. The molecule has 6 nitrogen and oxygen atoms in total. The smallest absolute Gasteiger partial charge is 0.244 e. The van der Waals surface area contributed by atoms with Crippen LogP contribution in [0.3, 0.4) is 0 Å². The average Bonchev–Trinajstić information content (AvgIpc) is 2.70. The van der Waals surface area contributed by atoms with E-state index in [9.17, 15) is 8.42 Å². The fraction of sp³-hybridized carbons (Fsp3) is 0.263. The maximum atomic E-state index is 13.1. The predicted octanol–water partition coefficient (Wildman–Crippen LogP) is 4.41. The van der Waals surface area contributed by atoms with Gasteiger partial charge in [0.2, 0.25) is 10.0 Å². The standard InChI is InChI=1S/C19H17Cl3N4O2S/c1-12-10-17(14(21)11-13(12)20)29(27,28)26-8-6-25(7-9-26)19-18(22)23-15-4-2-3-5-16(15)24-19/h2-5,10-11H,6-9H2,1H3. The van der Waals surface area contributed by atoms with Crippen molar-refractivity contribution in [2.75, 3.05) is 31.1 Å². The molecule has 1 aliphatic heterocycles. The Morgan fingerprint density at radius 2 is 1.52 bits per heavy atom. The highest BCUT2D eigenvalue weighted by Crippen LogP contribution is 2.31. The second-order valence-electron chi connectivity index (χ2n) is 6.75. The van der Waals surface area contributed by atoms with Crippen LogP contribution in [-0.2, 0) is 10.0 Å². The zero-order valence-corrected chi connectivity index (χ0v) is 18.5. The Labute approximate surface area is 184 Å². The van der Waals surface area contributed by atoms with E-state index in [0.717, 1.165) is 11.0 Å². The molecule has 0 N–H and O–H groups in total. The highest BCUT2D eigenvalue weighted by atomic mass is 35.5. The van der Waals surface area contributed by atoms with Crippen molar-refractivity contribution in [3.63, 3.8) is 0 Å². The first-order valence-electron chi connectivity index (χ1n) is 8.90. The molecule has 3 aromatic rings. The SMILES string of the molecule is Cc1cc(S(=O)(=O)N2CCN(c3nc4ccccc4nc3Cl)CC2)c(Cl)cc1Cl. The zero-order chi connectivity index (χ0) is 20.8. The van der Waals surface area contributed by atoms with Crippen LogP contribution >= 0.6 is 34.8 Å². The lowest BCUT2D eigenvalue weighted by atomic mass is 10.2. The van der Waals surface area contributed by atoms with Gasteiger partial charge in [0.15, 0.2) is 11.0 Å². The Kier molecular flexibility index (Phi) is 5.61. The number of para-hydroxylation sites is 2. The van der Waals surface area contributed by atoms with Gasteiger partial charge in [-0.2, -0.15) is 4.31 Å². The molecule has 4 rings (SSSR count). The summed E-state index contributed by atoms with van der Waals surface area (Å²) >= 11 is 18.5. The third-order valence-corrected chi connectivity index (χ3v) is 7.90. The zero-order valence-electron chi connectivity index (χ0n) is 15.4. The van der Waals surface area contributed by atoms with Gasteiger partial charge >= 0.3 is 0 Å². The molecule has 0 amide bonds. The molecule has 0 unspecified atom stereocenters. The van der Waals surface area contributed by atoms with Gasteiger partial charge < -0.3 is 4.90 Å². The molecule has 2 aromatic carbocycles. The van der Waals surface area contributed by atoms with E-state index in [-0.39, 0.29) is 23.0 Å². The van der Waals surface area contributed by atoms with Crippen molar-refractivity contribution in [2.24, 2.45) is 0 Å². The number of nitrogens with zero attached hydrogens (tertiary/aromatic N) is 4. The van der Waals surface area contributed by atoms with Crippen LogP contribution in [0.2, 0.25) is 15.2 Å². The van der Waals surface area contributed by atoms with E-state index in [1.54, 1.807) is 6.92 Å². The lowest BCUT2D eigenvalue weighted by Crippen LogP contribution is -2.49. The highest BCUT2D eigenvalue weighted by molar-refractivity contribution is 7.89. The van der Waals surface area contributed by atoms with Crippen LogP contribution in [0.25, 0.3) is 11.0 Å². The molecule has 1 fully saturated rings. The van der Waals surface area contributed by atoms with Gasteiger partial charge in [0, 0.05) is 31.2 Å². The van der Waals surface area contributed by atoms with Gasteiger partial charge in [-0.25, -0.2) is 18.4 Å². The second kappa shape index (κ2) is 7.89. The molecule has 0 saturated carbocycles. The summed E-state index contributed by atoms with van der Waals surface area (Å²) in [7, 11) is -3.74. The van der Waals surface area contributed by atoms with Crippen molar-refractivity contribution in [2.45, 2.75) is 11.8 Å². The van der Waals surface area contributed by atoms with E-state index < -0.39 is 10.0 Å². The highest BCUT2D eigenvalue weighted by Gasteiger charge is 2.31. The van der Waals surface area contributed by atoms with Crippen molar-refractivity contribution < 1.29 is 8.42 Å². The van der Waals surface area contributed by atoms with E-state index in [2.05, 4.69) is 9.97 Å². The van der Waals surface area contributed by atoms with Crippen LogP contribution in [0.4, 0.5) is 5.82 Å². The van der Waals surface area contributed by atoms with E-state index in [1.807, 2.05) is 29.2 Å². The molecule has 0 aliphatic carbocycles. The number of hydrogen-bond donors (Lipinski definition) is 0. The Hall–Kier alpha value is -1.64. The van der Waals surface area contributed by atoms with Crippen LogP contribution in [0.15, 0.2) is 41.3 Å². The summed E-state index contributed by atoms with van der Waals surface area (Å²) < 4.78 is 27.6. The van der Waals surface area contributed by atoms with E-state index >= 15 is 0 Å². The van der Waals surface area contributed by atoms with Gasteiger partial charge in [-0.1, -0.05) is 46.9 Å². The molecular formula is C19H17Cl3N4O2S. The lowest BCUT2D eigenvalue weighted by Gasteiger charge is -2.35. The molecule has 0 bridgehead atoms. The largest absolute Gasteiger partial charge is 0.351 e. The Morgan fingerprint density at radius 3 is 2.17 bits per heavy atom. The van der Waals surface area contributed by atoms with Gasteiger partial charge in [0.25, 0.3) is 0 Å². The van der Waals surface area contributed by atoms with Gasteiger partial charge in [-0.15, -0.1) is 0 Å². The number of aryl methyl sites for hydroxylation is 1. The van der Waals surface area contributed by atoms with Gasteiger partial charge in [-0.3, -0.25) is 0 Å². The molecule has 0 atom stereocenters. The first-order valence-corrected chi connectivity index (χ1v) is 11.5. The number of fused-ring (bicyclic) bond motifs is 1. The molecule has 1 aromatic heterocycles. The maximum Gasteiger partial charge on any atom is 0.244 e. The summed E-state index contributed by atoms with van der Waals surface area (Å²) in [5, 5.41) is 0.853. The first kappa shape index (κ1) is 20.6. The fourth-order valence-corrected chi connectivity index (χ4v) is 5.76. The van der Waals surface area contributed by atoms with Crippen LogP contribution in [0.1, 0.15) is 5.56 Å². The molecule has 1 aliphatic rings. The minimum atomic E-state index is -3.74. The number of benzene rings is 2. The minimum Gasteiger partial charge on any atom is -0.351 e. The monoisotopic (exact) mass is 470 g/mol. The molecular weight excluding hydrogens is 455 g/mol. The number of piperazine rings is 1. The average molecular weight is 472 g/mol. The fourth-order valence-electron chi connectivity index (χ4n) is 3.28. The predicted molar refractivity (Wildman–Crippen MR) is 117 cm³/mol. The molecule has 2 heterocycles. The summed E-state index contributed by atoms with van der Waals surface area (Å²) in [6.07, 6.45) is 0. The topological polar surface area (TPSA) is 66.4 Å². The maximum absolute atomic E-state index is 13.1. The molecule has 152 valence electrons. The number of halogens is 3. The Morgan fingerprint density at radius 1 is 0.897 bits per heavy atom. The molecule has 0 radical (unpaired) electrons. The first-order chi connectivity index (χ1) is 13.8. The molecule has 10 heteroatoms. The quantitative estimate of drug-likeness (QED) is 0.566. The Bertz CT molecular complexity index is 1200. The van der Waals surface area contributed by atoms with Crippen LogP contribution < -0.4 is 4.90 Å². The lowest BCUT2D eigenvalue weighted by molar-refractivity contribution is 0.384. The Balaban J connectivity index is 1.57. The van der Waals surface area contributed by atoms with Crippen molar-refractivity contribution >= 4 is 61.7 Å². The van der Waals surface area contributed by atoms with Gasteiger partial charge in [0.05, 0.1) is 16.1 Å². The van der Waals surface area contributed by atoms with E-state index in [4.69, 9.17) is 34.8 Å². The van der Waals surface area contributed by atoms with Crippen LogP contribution in [-0.4, -0.2) is 48.9 Å². The van der Waals surface area contributed by atoms with Crippen molar-refractivity contribution in [1.82, 2.24) is 14.3 Å². The van der Waals surface area contributed by atoms with Gasteiger partial charge in [-0.05, 0) is 36.8 Å². The molecule has 0 spiro atoms. The van der Waals surface area contributed by atoms with Crippen LogP contribution in [0, 0.1) is 6.92 Å². The summed E-state index contributed by atoms with van der Waals surface area (Å²) in [6, 6.07) is 10.5. The summed E-state index contributed by atoms with van der Waals surface area (Å²) in [5.41, 5.74) is 2.12. The number of hydrogen-bond acceptors (Lipinski definition) is 5. The van der Waals surface area contributed by atoms with Crippen molar-refractivity contribution in [3.05, 3.63) is 57.2 Å². The third kappa shape index (κ3) is 3.90. The molecule has 29 heavy (non-hydrogen) atoms. The summed E-state index contributed by atoms with van der Waals surface area (Å²) in [4.78, 5) is 11.0. The molecule has 1 saturated heterocycles. The normalized spacial score (nSPS) is 15.8. The van der Waals surface area contributed by atoms with Crippen molar-refractivity contribution in [1.29, 1.82) is 0 Å². The van der Waals surface area contributed by atoms with Crippen LogP contribution in [0.5, 0.6) is 0 Å². The van der Waals surface area contributed by atoms with E-state index in [1.165, 1.54) is 16.4 Å². The van der Waals surface area contributed by atoms with E-state index in [0.29, 0.717) is 34.6 Å². The number of anilines is 1. The van der Waals surface area contributed by atoms with Gasteiger partial charge in [0.1, 0.15) is 4.90 Å². The summed E-state index contributed by atoms with van der Waals surface area (Å²) in [6.45, 7) is 3.19. The number of rotatable bonds is 3. The third-order valence-electron chi connectivity index (χ3n) is 4.88. The van der Waals surface area contributed by atoms with Crippen molar-refractivity contribution in [3.8, 4) is 0 Å².